The molecule has 1 aromatic heterocycles. The summed E-state index contributed by atoms with van der Waals surface area (Å²) >= 11 is 0. The molecule has 0 unspecified atom stereocenters. The Morgan fingerprint density at radius 1 is 1.48 bits per heavy atom. The van der Waals surface area contributed by atoms with E-state index in [2.05, 4.69) is 4.98 Å². The van der Waals surface area contributed by atoms with Crippen LogP contribution < -0.4 is 20.9 Å². The Labute approximate surface area is 155 Å². The molecule has 2 N–H and O–H groups in total. The predicted octanol–water partition coefficient (Wildman–Crippen LogP) is 1.20. The number of aromatic nitrogens is 2. The quantitative estimate of drug-likeness (QED) is 0.816. The highest BCUT2D eigenvalue weighted by atomic mass is 19.1. The van der Waals surface area contributed by atoms with Gasteiger partial charge in [-0.1, -0.05) is 6.42 Å². The molecule has 0 amide bonds. The minimum atomic E-state index is -0.509. The number of terminal acetylenes is 1. The summed E-state index contributed by atoms with van der Waals surface area (Å²) in [6.07, 6.45) is 10.1. The van der Waals surface area contributed by atoms with Crippen molar-refractivity contribution in [1.82, 2.24) is 9.55 Å². The van der Waals surface area contributed by atoms with Crippen molar-refractivity contribution in [3.05, 3.63) is 51.7 Å². The highest BCUT2D eigenvalue weighted by molar-refractivity contribution is 5.41. The molecule has 0 radical (unpaired) electrons. The number of anilines is 1. The average Bonchev–Trinajstić information content (AvgIpc) is 2.65. The molecule has 0 saturated carbocycles. The predicted molar refractivity (Wildman–Crippen MR) is 97.6 cm³/mol. The largest absolute Gasteiger partial charge is 0.400 e. The van der Waals surface area contributed by atoms with Crippen LogP contribution in [0.5, 0.6) is 5.75 Å². The van der Waals surface area contributed by atoms with Gasteiger partial charge in [0.2, 0.25) is 11.7 Å². The molecule has 1 aliphatic heterocycles. The van der Waals surface area contributed by atoms with Crippen molar-refractivity contribution in [2.24, 2.45) is 5.73 Å². The molecule has 1 aliphatic rings. The second kappa shape index (κ2) is 7.90. The maximum absolute atomic E-state index is 13.7. The van der Waals surface area contributed by atoms with Crippen molar-refractivity contribution in [2.75, 3.05) is 18.0 Å². The number of halogens is 1. The van der Waals surface area contributed by atoms with Crippen LogP contribution in [0.2, 0.25) is 0 Å². The summed E-state index contributed by atoms with van der Waals surface area (Å²) in [6.45, 7) is 1.18. The summed E-state index contributed by atoms with van der Waals surface area (Å²) in [5.74, 6) is -0.229. The maximum Gasteiger partial charge on any atom is 0.299 e. The van der Waals surface area contributed by atoms with Gasteiger partial charge < -0.3 is 15.4 Å². The van der Waals surface area contributed by atoms with Crippen LogP contribution in [0.25, 0.3) is 0 Å². The number of hydrogen-bond acceptors (Lipinski definition) is 6. The number of ether oxygens (including phenoxy) is 1. The van der Waals surface area contributed by atoms with Crippen LogP contribution in [-0.2, 0) is 6.54 Å². The van der Waals surface area contributed by atoms with Gasteiger partial charge in [-0.15, -0.1) is 0 Å². The van der Waals surface area contributed by atoms with Crippen LogP contribution in [0.1, 0.15) is 24.0 Å². The Hall–Kier alpha value is -3.36. The number of nitrogens with zero attached hydrogens (tertiary/aromatic N) is 4. The number of benzene rings is 1. The Balaban J connectivity index is 2.10. The molecule has 7 nitrogen and oxygen atoms in total. The van der Waals surface area contributed by atoms with Crippen molar-refractivity contribution in [1.29, 1.82) is 5.26 Å². The Morgan fingerprint density at radius 3 is 3.00 bits per heavy atom. The van der Waals surface area contributed by atoms with E-state index in [1.807, 2.05) is 17.1 Å². The molecule has 2 aromatic rings. The number of hydrogen-bond donors (Lipinski definition) is 1. The molecular formula is C19H18FN5O2. The van der Waals surface area contributed by atoms with Crippen molar-refractivity contribution in [3.63, 3.8) is 0 Å². The minimum absolute atomic E-state index is 0.0328. The van der Waals surface area contributed by atoms with E-state index < -0.39 is 11.4 Å². The van der Waals surface area contributed by atoms with Crippen molar-refractivity contribution in [3.8, 4) is 24.3 Å². The lowest BCUT2D eigenvalue weighted by Crippen LogP contribution is -2.45. The third-order valence-corrected chi connectivity index (χ3v) is 4.42. The van der Waals surface area contributed by atoms with Crippen LogP contribution in [0.4, 0.5) is 10.3 Å². The summed E-state index contributed by atoms with van der Waals surface area (Å²) in [4.78, 5) is 19.1. The molecule has 1 aromatic carbocycles. The lowest BCUT2D eigenvalue weighted by Gasteiger charge is -2.33. The zero-order chi connectivity index (χ0) is 19.4. The van der Waals surface area contributed by atoms with Gasteiger partial charge in [-0.25, -0.2) is 9.37 Å². The fourth-order valence-corrected chi connectivity index (χ4v) is 3.16. The van der Waals surface area contributed by atoms with E-state index in [9.17, 15) is 14.4 Å². The molecule has 0 bridgehead atoms. The van der Waals surface area contributed by atoms with Gasteiger partial charge in [0.25, 0.3) is 5.56 Å². The van der Waals surface area contributed by atoms with Crippen LogP contribution in [0.15, 0.2) is 29.2 Å². The van der Waals surface area contributed by atoms with E-state index in [0.717, 1.165) is 12.8 Å². The van der Waals surface area contributed by atoms with Gasteiger partial charge in [0, 0.05) is 19.1 Å². The number of rotatable bonds is 4. The monoisotopic (exact) mass is 367 g/mol. The molecule has 8 heteroatoms. The van der Waals surface area contributed by atoms with Gasteiger partial charge >= 0.3 is 0 Å². The Morgan fingerprint density at radius 2 is 2.30 bits per heavy atom. The molecule has 3 rings (SSSR count). The number of piperidine rings is 1. The van der Waals surface area contributed by atoms with Crippen molar-refractivity contribution >= 4 is 5.95 Å². The van der Waals surface area contributed by atoms with Gasteiger partial charge in [-0.3, -0.25) is 9.36 Å². The molecule has 1 atom stereocenters. The highest BCUT2D eigenvalue weighted by Crippen LogP contribution is 2.20. The van der Waals surface area contributed by atoms with Gasteiger partial charge in [0.05, 0.1) is 24.4 Å². The van der Waals surface area contributed by atoms with E-state index in [0.29, 0.717) is 24.6 Å². The Kier molecular flexibility index (Phi) is 5.39. The van der Waals surface area contributed by atoms with Crippen molar-refractivity contribution < 1.29 is 9.13 Å². The van der Waals surface area contributed by atoms with E-state index >= 15 is 0 Å². The van der Waals surface area contributed by atoms with Crippen LogP contribution in [-0.4, -0.2) is 28.7 Å². The first-order chi connectivity index (χ1) is 13.0. The van der Waals surface area contributed by atoms with E-state index in [4.69, 9.17) is 16.9 Å². The SMILES string of the molecule is C#COc1cnc(N2CCC[C@@H](N)C2)n(Cc2cc(F)ccc2C#N)c1=O. The summed E-state index contributed by atoms with van der Waals surface area (Å²) in [6, 6.07) is 5.78. The van der Waals surface area contributed by atoms with Gasteiger partial charge in [0.1, 0.15) is 11.9 Å². The first-order valence-electron chi connectivity index (χ1n) is 8.45. The molecule has 1 fully saturated rings. The van der Waals surface area contributed by atoms with Crippen LogP contribution in [0, 0.1) is 29.7 Å². The zero-order valence-corrected chi connectivity index (χ0v) is 14.6. The summed E-state index contributed by atoms with van der Waals surface area (Å²) < 4.78 is 19.9. The van der Waals surface area contributed by atoms with Crippen molar-refractivity contribution in [2.45, 2.75) is 25.4 Å². The number of nitriles is 1. The third-order valence-electron chi connectivity index (χ3n) is 4.42. The van der Waals surface area contributed by atoms with Gasteiger partial charge in [-0.05, 0) is 36.6 Å². The minimum Gasteiger partial charge on any atom is -0.400 e. The van der Waals surface area contributed by atoms with E-state index in [1.165, 1.54) is 29.0 Å². The summed E-state index contributed by atoms with van der Waals surface area (Å²) in [5.41, 5.74) is 6.17. The molecule has 0 aliphatic carbocycles. The maximum atomic E-state index is 13.7. The molecular weight excluding hydrogens is 349 g/mol. The molecule has 138 valence electrons. The van der Waals surface area contributed by atoms with Crippen LogP contribution in [0.3, 0.4) is 0 Å². The normalized spacial score (nSPS) is 16.4. The lowest BCUT2D eigenvalue weighted by molar-refractivity contribution is 0.475. The van der Waals surface area contributed by atoms with E-state index in [1.54, 1.807) is 0 Å². The summed E-state index contributed by atoms with van der Waals surface area (Å²) in [7, 11) is 0. The molecule has 0 spiro atoms. The zero-order valence-electron chi connectivity index (χ0n) is 14.6. The van der Waals surface area contributed by atoms with E-state index in [-0.39, 0.29) is 23.9 Å². The molecule has 1 saturated heterocycles. The smallest absolute Gasteiger partial charge is 0.299 e. The first kappa shape index (κ1) is 18.4. The average molecular weight is 367 g/mol. The lowest BCUT2D eigenvalue weighted by atomic mass is 10.1. The second-order valence-corrected chi connectivity index (χ2v) is 6.30. The highest BCUT2D eigenvalue weighted by Gasteiger charge is 2.23. The fourth-order valence-electron chi connectivity index (χ4n) is 3.16. The second-order valence-electron chi connectivity index (χ2n) is 6.30. The summed E-state index contributed by atoms with van der Waals surface area (Å²) in [5, 5.41) is 9.29. The number of nitrogens with two attached hydrogens (primary N) is 1. The molecule has 2 heterocycles. The van der Waals surface area contributed by atoms with Crippen LogP contribution >= 0.6 is 0 Å². The van der Waals surface area contributed by atoms with Gasteiger partial charge in [0.15, 0.2) is 0 Å². The molecule has 27 heavy (non-hydrogen) atoms. The topological polar surface area (TPSA) is 97.2 Å². The Bertz CT molecular complexity index is 989. The first-order valence-corrected chi connectivity index (χ1v) is 8.45. The van der Waals surface area contributed by atoms with Gasteiger partial charge in [-0.2, -0.15) is 5.26 Å². The standard InChI is InChI=1S/C19H18FN5O2/c1-2-27-17-10-23-19(24-7-3-4-16(22)12-24)25(18(17)26)11-14-8-15(20)6-5-13(14)9-21/h1,5-6,8,10,16H,3-4,7,11-12,22H2/t16-/m1/s1. The fraction of sp³-hybridized carbons (Fsp3) is 0.316. The third kappa shape index (κ3) is 3.91.